The van der Waals surface area contributed by atoms with Crippen molar-refractivity contribution >= 4 is 27.7 Å². The maximum Gasteiger partial charge on any atom is 0.415 e. The van der Waals surface area contributed by atoms with Crippen LogP contribution in [0.2, 0.25) is 0 Å². The number of carbonyl (C=O) groups is 1. The number of ether oxygens (including phenoxy) is 2. The number of hydrogen-bond acceptors (Lipinski definition) is 4. The van der Waals surface area contributed by atoms with Crippen molar-refractivity contribution in [2.24, 2.45) is 5.11 Å². The van der Waals surface area contributed by atoms with Crippen molar-refractivity contribution in [2.45, 2.75) is 12.1 Å². The van der Waals surface area contributed by atoms with Crippen LogP contribution in [0.4, 0.5) is 14.9 Å². The third-order valence-electron chi connectivity index (χ3n) is 3.21. The SMILES string of the molecule is [N-]=[N+]=NC[C@H]1OC(=O)N2c3cc(F)c(Br)cc3OC[C@@H]12. The van der Waals surface area contributed by atoms with E-state index in [4.69, 9.17) is 15.0 Å². The van der Waals surface area contributed by atoms with Crippen molar-refractivity contribution in [3.05, 3.63) is 32.9 Å². The number of azide groups is 1. The lowest BCUT2D eigenvalue weighted by atomic mass is 10.1. The summed E-state index contributed by atoms with van der Waals surface area (Å²) in [5.74, 6) is -0.102. The first-order valence-electron chi connectivity index (χ1n) is 5.74. The van der Waals surface area contributed by atoms with Gasteiger partial charge in [-0.05, 0) is 27.5 Å². The molecule has 20 heavy (non-hydrogen) atoms. The number of nitrogens with zero attached hydrogens (tertiary/aromatic N) is 4. The van der Waals surface area contributed by atoms with E-state index >= 15 is 0 Å². The van der Waals surface area contributed by atoms with E-state index in [1.807, 2.05) is 0 Å². The van der Waals surface area contributed by atoms with E-state index in [9.17, 15) is 9.18 Å². The lowest BCUT2D eigenvalue weighted by Crippen LogP contribution is -2.45. The Morgan fingerprint density at radius 1 is 1.60 bits per heavy atom. The molecule has 104 valence electrons. The van der Waals surface area contributed by atoms with E-state index in [-0.39, 0.29) is 17.6 Å². The first-order valence-corrected chi connectivity index (χ1v) is 6.53. The van der Waals surface area contributed by atoms with E-state index in [1.165, 1.54) is 17.0 Å². The fraction of sp³-hybridized carbons (Fsp3) is 0.364. The molecule has 2 aliphatic rings. The summed E-state index contributed by atoms with van der Waals surface area (Å²) in [4.78, 5) is 15.9. The summed E-state index contributed by atoms with van der Waals surface area (Å²) in [6.45, 7) is 0.212. The molecule has 0 N–H and O–H groups in total. The average molecular weight is 343 g/mol. The van der Waals surface area contributed by atoms with Gasteiger partial charge >= 0.3 is 6.09 Å². The minimum Gasteiger partial charge on any atom is -0.489 e. The molecule has 1 saturated heterocycles. The zero-order valence-corrected chi connectivity index (χ0v) is 11.6. The van der Waals surface area contributed by atoms with Gasteiger partial charge in [0, 0.05) is 11.0 Å². The Hall–Kier alpha value is -1.99. The first kappa shape index (κ1) is 13.0. The molecule has 2 heterocycles. The molecule has 0 unspecified atom stereocenters. The molecule has 0 radical (unpaired) electrons. The second-order valence-corrected chi connectivity index (χ2v) is 5.17. The molecule has 1 fully saturated rings. The van der Waals surface area contributed by atoms with Crippen LogP contribution in [0.5, 0.6) is 5.75 Å². The lowest BCUT2D eigenvalue weighted by Gasteiger charge is -2.31. The van der Waals surface area contributed by atoms with Gasteiger partial charge in [0.25, 0.3) is 0 Å². The van der Waals surface area contributed by atoms with Crippen LogP contribution >= 0.6 is 15.9 Å². The van der Waals surface area contributed by atoms with E-state index in [2.05, 4.69) is 26.0 Å². The predicted molar refractivity (Wildman–Crippen MR) is 70.1 cm³/mol. The van der Waals surface area contributed by atoms with Crippen LogP contribution in [-0.4, -0.2) is 31.4 Å². The standard InChI is InChI=1S/C11H8BrFN4O3/c12-5-1-9-7(2-6(5)13)17-8(4-19-9)10(3-15-16-14)20-11(17)18/h1-2,8,10H,3-4H2/t8-,10+/m0/s1. The number of benzene rings is 1. The number of anilines is 1. The van der Waals surface area contributed by atoms with Crippen LogP contribution in [-0.2, 0) is 4.74 Å². The Kier molecular flexibility index (Phi) is 3.15. The van der Waals surface area contributed by atoms with Crippen LogP contribution in [0, 0.1) is 5.82 Å². The number of fused-ring (bicyclic) bond motifs is 3. The normalized spacial score (nSPS) is 23.3. The third-order valence-corrected chi connectivity index (χ3v) is 3.81. The molecule has 1 amide bonds. The van der Waals surface area contributed by atoms with E-state index in [0.29, 0.717) is 11.4 Å². The molecule has 0 aliphatic carbocycles. The van der Waals surface area contributed by atoms with E-state index in [0.717, 1.165) is 0 Å². The molecule has 0 bridgehead atoms. The molecule has 9 heteroatoms. The summed E-state index contributed by atoms with van der Waals surface area (Å²) in [6.07, 6.45) is -1.20. The third kappa shape index (κ3) is 1.95. The highest BCUT2D eigenvalue weighted by atomic mass is 79.9. The Bertz CT molecular complexity index is 634. The van der Waals surface area contributed by atoms with Crippen LogP contribution in [0.3, 0.4) is 0 Å². The molecule has 2 atom stereocenters. The topological polar surface area (TPSA) is 87.5 Å². The van der Waals surface area contributed by atoms with Crippen LogP contribution in [0.25, 0.3) is 10.4 Å². The molecule has 3 rings (SSSR count). The van der Waals surface area contributed by atoms with Gasteiger partial charge in [-0.2, -0.15) is 0 Å². The minimum atomic E-state index is -0.599. The van der Waals surface area contributed by atoms with Crippen molar-refractivity contribution in [1.82, 2.24) is 0 Å². The summed E-state index contributed by atoms with van der Waals surface area (Å²) in [6, 6.07) is 2.25. The van der Waals surface area contributed by atoms with Crippen molar-refractivity contribution < 1.29 is 18.7 Å². The van der Waals surface area contributed by atoms with Crippen molar-refractivity contribution in [2.75, 3.05) is 18.1 Å². The maximum atomic E-state index is 13.6. The monoisotopic (exact) mass is 342 g/mol. The smallest absolute Gasteiger partial charge is 0.415 e. The quantitative estimate of drug-likeness (QED) is 0.470. The molecule has 2 aliphatic heterocycles. The summed E-state index contributed by atoms with van der Waals surface area (Å²) < 4.78 is 24.6. The number of hydrogen-bond donors (Lipinski definition) is 0. The Balaban J connectivity index is 1.98. The summed E-state index contributed by atoms with van der Waals surface area (Å²) in [5.41, 5.74) is 8.65. The Labute approximate surface area is 121 Å². The second kappa shape index (κ2) is 4.84. The van der Waals surface area contributed by atoms with Gasteiger partial charge in [-0.1, -0.05) is 5.11 Å². The average Bonchev–Trinajstić information content (AvgIpc) is 2.75. The van der Waals surface area contributed by atoms with Gasteiger partial charge in [-0.25, -0.2) is 9.18 Å². The summed E-state index contributed by atoms with van der Waals surface area (Å²) >= 11 is 3.06. The molecule has 1 aromatic rings. The largest absolute Gasteiger partial charge is 0.489 e. The van der Waals surface area contributed by atoms with E-state index < -0.39 is 24.1 Å². The maximum absolute atomic E-state index is 13.6. The van der Waals surface area contributed by atoms with Crippen molar-refractivity contribution in [3.8, 4) is 5.75 Å². The van der Waals surface area contributed by atoms with Gasteiger partial charge in [0.1, 0.15) is 30.3 Å². The molecule has 0 spiro atoms. The van der Waals surface area contributed by atoms with Crippen LogP contribution in [0.1, 0.15) is 0 Å². The van der Waals surface area contributed by atoms with Crippen molar-refractivity contribution in [3.63, 3.8) is 0 Å². The molecule has 0 saturated carbocycles. The van der Waals surface area contributed by atoms with Crippen LogP contribution in [0.15, 0.2) is 21.7 Å². The lowest BCUT2D eigenvalue weighted by molar-refractivity contribution is 0.126. The molecular formula is C11H8BrFN4O3. The molecule has 7 nitrogen and oxygen atoms in total. The molecule has 1 aromatic carbocycles. The van der Waals surface area contributed by atoms with E-state index in [1.54, 1.807) is 0 Å². The highest BCUT2D eigenvalue weighted by Crippen LogP contribution is 2.41. The number of rotatable bonds is 2. The highest BCUT2D eigenvalue weighted by molar-refractivity contribution is 9.10. The number of halogens is 2. The number of cyclic esters (lactones) is 1. The molecular weight excluding hydrogens is 335 g/mol. The zero-order valence-electron chi connectivity index (χ0n) is 9.99. The first-order chi connectivity index (χ1) is 9.61. The van der Waals surface area contributed by atoms with Gasteiger partial charge < -0.3 is 9.47 Å². The van der Waals surface area contributed by atoms with Gasteiger partial charge in [0.15, 0.2) is 0 Å². The fourth-order valence-corrected chi connectivity index (χ4v) is 2.62. The minimum absolute atomic E-state index is 0.0150. The summed E-state index contributed by atoms with van der Waals surface area (Å²) in [5, 5.41) is 3.41. The molecule has 0 aromatic heterocycles. The number of amides is 1. The summed E-state index contributed by atoms with van der Waals surface area (Å²) in [7, 11) is 0. The van der Waals surface area contributed by atoms with Gasteiger partial charge in [-0.15, -0.1) is 0 Å². The van der Waals surface area contributed by atoms with Crippen LogP contribution < -0.4 is 9.64 Å². The Morgan fingerprint density at radius 3 is 3.15 bits per heavy atom. The number of carbonyl (C=O) groups excluding carboxylic acids is 1. The predicted octanol–water partition coefficient (Wildman–Crippen LogP) is 2.98. The van der Waals surface area contributed by atoms with Crippen molar-refractivity contribution in [1.29, 1.82) is 0 Å². The van der Waals surface area contributed by atoms with Gasteiger partial charge in [-0.3, -0.25) is 4.90 Å². The fourth-order valence-electron chi connectivity index (χ4n) is 2.30. The zero-order chi connectivity index (χ0) is 14.3. The Morgan fingerprint density at radius 2 is 2.40 bits per heavy atom. The van der Waals surface area contributed by atoms with Gasteiger partial charge in [0.2, 0.25) is 0 Å². The second-order valence-electron chi connectivity index (χ2n) is 4.32. The highest BCUT2D eigenvalue weighted by Gasteiger charge is 2.46. The van der Waals surface area contributed by atoms with Gasteiger partial charge in [0.05, 0.1) is 16.7 Å².